The molecule has 0 radical (unpaired) electrons. The van der Waals surface area contributed by atoms with Gasteiger partial charge in [-0.1, -0.05) is 48.5 Å². The van der Waals surface area contributed by atoms with Crippen LogP contribution in [0.5, 0.6) is 0 Å². The van der Waals surface area contributed by atoms with Crippen molar-refractivity contribution in [2.45, 2.75) is 95.0 Å². The molecule has 0 amide bonds. The van der Waals surface area contributed by atoms with E-state index in [1.165, 1.54) is 6.33 Å². The second-order valence-electron chi connectivity index (χ2n) is 9.16. The fourth-order valence-electron chi connectivity index (χ4n) is 5.21. The van der Waals surface area contributed by atoms with Crippen LogP contribution in [0.25, 0.3) is 11.0 Å². The molecule has 0 spiro atoms. The molecule has 3 atom stereocenters. The van der Waals surface area contributed by atoms with Crippen molar-refractivity contribution >= 4 is 36.9 Å². The first kappa shape index (κ1) is 24.4. The fraction of sp³-hybridized carbons (Fsp3) is 0.762. The number of aliphatic hydroxyl groups is 1. The topological polar surface area (TPSA) is 108 Å². The zero-order valence-corrected chi connectivity index (χ0v) is 21.5. The summed E-state index contributed by atoms with van der Waals surface area (Å²) in [5, 5.41) is 16.4. The molecule has 1 fully saturated rings. The van der Waals surface area contributed by atoms with E-state index in [9.17, 15) is 5.11 Å². The van der Waals surface area contributed by atoms with Gasteiger partial charge in [-0.05, 0) is 22.4 Å². The normalized spacial score (nSPS) is 22.5. The summed E-state index contributed by atoms with van der Waals surface area (Å²) < 4.78 is 15.0. The second kappa shape index (κ2) is 9.74. The molecule has 3 N–H and O–H groups in total. The number of aliphatic hydroxyl groups excluding tert-OH is 1. The van der Waals surface area contributed by atoms with E-state index in [4.69, 9.17) is 20.0 Å². The van der Waals surface area contributed by atoms with Crippen molar-refractivity contribution in [2.24, 2.45) is 0 Å². The number of hydrogen-bond acceptors (Lipinski definition) is 8. The molecule has 0 aliphatic carbocycles. The number of anilines is 1. The molecule has 1 aliphatic rings. The van der Waals surface area contributed by atoms with Crippen molar-refractivity contribution in [1.82, 2.24) is 19.7 Å². The highest BCUT2D eigenvalue weighted by Gasteiger charge is 2.50. The highest BCUT2D eigenvalue weighted by atomic mass is 32.2. The van der Waals surface area contributed by atoms with E-state index in [0.717, 1.165) is 16.2 Å². The SMILES string of the molecule is CCSc1nn([C@H]2C[C@@H](O[Si](C(C)C)(C(C)C)C(C)C)[C@@H](CO)O2)c2ncnc(N)c12. The van der Waals surface area contributed by atoms with Gasteiger partial charge in [0, 0.05) is 6.42 Å². The van der Waals surface area contributed by atoms with Crippen LogP contribution in [0, 0.1) is 0 Å². The highest BCUT2D eigenvalue weighted by molar-refractivity contribution is 7.99. The summed E-state index contributed by atoms with van der Waals surface area (Å²) in [4.78, 5) is 8.59. The van der Waals surface area contributed by atoms with Gasteiger partial charge in [-0.25, -0.2) is 14.6 Å². The Morgan fingerprint density at radius 1 is 1.23 bits per heavy atom. The third-order valence-electron chi connectivity index (χ3n) is 6.46. The van der Waals surface area contributed by atoms with E-state index in [-0.39, 0.29) is 18.9 Å². The van der Waals surface area contributed by atoms with E-state index < -0.39 is 14.4 Å². The Morgan fingerprint density at radius 2 is 1.87 bits per heavy atom. The third-order valence-corrected chi connectivity index (χ3v) is 13.4. The summed E-state index contributed by atoms with van der Waals surface area (Å²) in [6.07, 6.45) is 1.12. The summed E-state index contributed by atoms with van der Waals surface area (Å²) in [5.41, 5.74) is 8.17. The highest BCUT2D eigenvalue weighted by Crippen LogP contribution is 2.46. The van der Waals surface area contributed by atoms with Crippen LogP contribution in [0.1, 0.15) is 61.1 Å². The van der Waals surface area contributed by atoms with Crippen LogP contribution in [0.3, 0.4) is 0 Å². The molecule has 10 heteroatoms. The van der Waals surface area contributed by atoms with Crippen molar-refractivity contribution in [3.8, 4) is 0 Å². The number of nitrogens with zero attached hydrogens (tertiary/aromatic N) is 4. The maximum Gasteiger partial charge on any atom is 0.200 e. The summed E-state index contributed by atoms with van der Waals surface area (Å²) in [6, 6.07) is 0. The smallest absolute Gasteiger partial charge is 0.200 e. The summed E-state index contributed by atoms with van der Waals surface area (Å²) in [7, 11) is -2.12. The van der Waals surface area contributed by atoms with Crippen LogP contribution in [0.15, 0.2) is 11.4 Å². The Labute approximate surface area is 190 Å². The number of thioether (sulfide) groups is 1. The van der Waals surface area contributed by atoms with Gasteiger partial charge in [0.2, 0.25) is 8.32 Å². The summed E-state index contributed by atoms with van der Waals surface area (Å²) in [5.74, 6) is 1.28. The van der Waals surface area contributed by atoms with Crippen LogP contribution in [0.4, 0.5) is 5.82 Å². The predicted molar refractivity (Wildman–Crippen MR) is 128 cm³/mol. The van der Waals surface area contributed by atoms with E-state index >= 15 is 0 Å². The average molecular weight is 468 g/mol. The summed E-state index contributed by atoms with van der Waals surface area (Å²) in [6.45, 7) is 15.6. The lowest BCUT2D eigenvalue weighted by atomic mass is 10.2. The lowest BCUT2D eigenvalue weighted by Gasteiger charge is -2.44. The van der Waals surface area contributed by atoms with Crippen LogP contribution in [-0.2, 0) is 9.16 Å². The van der Waals surface area contributed by atoms with E-state index in [1.54, 1.807) is 16.4 Å². The molecule has 0 unspecified atom stereocenters. The molecule has 2 aromatic rings. The molecule has 2 aromatic heterocycles. The molecule has 0 bridgehead atoms. The monoisotopic (exact) mass is 467 g/mol. The number of nitrogens with two attached hydrogens (primary N) is 1. The Balaban J connectivity index is 1.96. The lowest BCUT2D eigenvalue weighted by Crippen LogP contribution is -2.51. The molecule has 0 saturated carbocycles. The Hall–Kier alpha value is -1.20. The van der Waals surface area contributed by atoms with Gasteiger partial charge in [0.05, 0.1) is 18.1 Å². The van der Waals surface area contributed by atoms with Gasteiger partial charge in [0.15, 0.2) is 11.9 Å². The van der Waals surface area contributed by atoms with Gasteiger partial charge < -0.3 is 20.0 Å². The molecule has 1 saturated heterocycles. The Bertz CT molecular complexity index is 869. The molecule has 8 nitrogen and oxygen atoms in total. The number of rotatable bonds is 9. The van der Waals surface area contributed by atoms with Crippen LogP contribution < -0.4 is 5.73 Å². The van der Waals surface area contributed by atoms with Crippen LogP contribution in [-0.4, -0.2) is 57.7 Å². The predicted octanol–water partition coefficient (Wildman–Crippen LogP) is 4.36. The van der Waals surface area contributed by atoms with Gasteiger partial charge in [-0.2, -0.15) is 5.10 Å². The van der Waals surface area contributed by atoms with Crippen molar-refractivity contribution in [2.75, 3.05) is 18.1 Å². The first-order chi connectivity index (χ1) is 14.7. The van der Waals surface area contributed by atoms with E-state index in [0.29, 0.717) is 34.5 Å². The minimum atomic E-state index is -2.12. The maximum absolute atomic E-state index is 10.1. The molecule has 31 heavy (non-hydrogen) atoms. The quantitative estimate of drug-likeness (QED) is 0.414. The number of fused-ring (bicyclic) bond motifs is 1. The fourth-order valence-corrected chi connectivity index (χ4v) is 11.6. The van der Waals surface area contributed by atoms with E-state index in [2.05, 4.69) is 58.4 Å². The average Bonchev–Trinajstić information content (AvgIpc) is 3.27. The van der Waals surface area contributed by atoms with Crippen molar-refractivity contribution < 1.29 is 14.3 Å². The third kappa shape index (κ3) is 4.37. The molecule has 1 aliphatic heterocycles. The molecule has 174 valence electrons. The largest absolute Gasteiger partial charge is 0.410 e. The first-order valence-electron chi connectivity index (χ1n) is 11.2. The number of aromatic nitrogens is 4. The zero-order chi connectivity index (χ0) is 22.9. The van der Waals surface area contributed by atoms with Gasteiger partial charge in [-0.15, -0.1) is 11.8 Å². The van der Waals surface area contributed by atoms with Gasteiger partial charge in [-0.3, -0.25) is 0 Å². The molecule has 3 rings (SSSR count). The minimum Gasteiger partial charge on any atom is -0.410 e. The standard InChI is InChI=1S/C21H37N5O3SSi/c1-8-30-21-18-19(22)23-11-24-20(18)26(25-21)17-9-15(16(10-27)28-17)29-31(12(2)3,13(4)5)14(6)7/h11-17,27H,8-10H2,1-7H3,(H2,22,23,24)/t15-,16-,17-/m1/s1. The zero-order valence-electron chi connectivity index (χ0n) is 19.7. The lowest BCUT2D eigenvalue weighted by molar-refractivity contribution is -0.0458. The van der Waals surface area contributed by atoms with Gasteiger partial charge in [0.25, 0.3) is 0 Å². The molecule has 0 aromatic carbocycles. The molecule has 3 heterocycles. The maximum atomic E-state index is 10.1. The van der Waals surface area contributed by atoms with Crippen LogP contribution in [0.2, 0.25) is 16.6 Å². The summed E-state index contributed by atoms with van der Waals surface area (Å²) >= 11 is 1.61. The Kier molecular flexibility index (Phi) is 7.68. The first-order valence-corrected chi connectivity index (χ1v) is 14.3. The molecular weight excluding hydrogens is 430 g/mol. The van der Waals surface area contributed by atoms with E-state index in [1.807, 2.05) is 0 Å². The van der Waals surface area contributed by atoms with Crippen LogP contribution >= 0.6 is 11.8 Å². The van der Waals surface area contributed by atoms with Crippen molar-refractivity contribution in [1.29, 1.82) is 0 Å². The second-order valence-corrected chi connectivity index (χ2v) is 15.8. The van der Waals surface area contributed by atoms with Crippen molar-refractivity contribution in [3.05, 3.63) is 6.33 Å². The molecular formula is C21H37N5O3SSi. The van der Waals surface area contributed by atoms with Crippen molar-refractivity contribution in [3.63, 3.8) is 0 Å². The Morgan fingerprint density at radius 3 is 2.42 bits per heavy atom. The number of nitrogen functional groups attached to an aromatic ring is 1. The van der Waals surface area contributed by atoms with Gasteiger partial charge >= 0.3 is 0 Å². The minimum absolute atomic E-state index is 0.0905. The number of ether oxygens (including phenoxy) is 1. The number of hydrogen-bond donors (Lipinski definition) is 2. The van der Waals surface area contributed by atoms with Gasteiger partial charge in [0.1, 0.15) is 23.3 Å².